The second-order valence-corrected chi connectivity index (χ2v) is 4.57. The molecule has 0 spiro atoms. The third kappa shape index (κ3) is 5.18. The minimum atomic E-state index is -0.992. The van der Waals surface area contributed by atoms with E-state index in [4.69, 9.17) is 4.74 Å². The first-order valence-corrected chi connectivity index (χ1v) is 7.17. The van der Waals surface area contributed by atoms with E-state index in [1.165, 1.54) is 6.07 Å². The van der Waals surface area contributed by atoms with Crippen molar-refractivity contribution in [3.05, 3.63) is 22.6 Å². The molecule has 1 aromatic rings. The maximum Gasteiger partial charge on any atom is 0.308 e. The molecule has 0 radical (unpaired) electrons. The van der Waals surface area contributed by atoms with E-state index in [-0.39, 0.29) is 25.1 Å². The normalized spacial score (nSPS) is 12.0. The van der Waals surface area contributed by atoms with Gasteiger partial charge >= 0.3 is 5.97 Å². The Balaban J connectivity index is 2.72. The highest BCUT2D eigenvalue weighted by Crippen LogP contribution is 2.08. The van der Waals surface area contributed by atoms with Gasteiger partial charge in [-0.05, 0) is 20.8 Å². The molecule has 0 saturated carbocycles. The fraction of sp³-hybridized carbons (Fsp3) is 0.643. The summed E-state index contributed by atoms with van der Waals surface area (Å²) in [7, 11) is 0. The van der Waals surface area contributed by atoms with Crippen molar-refractivity contribution in [2.24, 2.45) is 0 Å². The van der Waals surface area contributed by atoms with Crippen LogP contribution in [0.25, 0.3) is 0 Å². The first kappa shape index (κ1) is 17.2. The van der Waals surface area contributed by atoms with Crippen molar-refractivity contribution in [1.82, 2.24) is 9.78 Å². The van der Waals surface area contributed by atoms with E-state index in [1.54, 1.807) is 13.1 Å². The largest absolute Gasteiger partial charge is 0.466 e. The molecule has 1 rings (SSSR count). The predicted octanol–water partition coefficient (Wildman–Crippen LogP) is 0.404. The molecule has 118 valence electrons. The molecule has 1 atom stereocenters. The number of hydrogen-bond donors (Lipinski definition) is 1. The third-order valence-corrected chi connectivity index (χ3v) is 3.08. The lowest BCUT2D eigenvalue weighted by Gasteiger charge is -2.20. The van der Waals surface area contributed by atoms with Crippen LogP contribution >= 0.6 is 0 Å². The van der Waals surface area contributed by atoms with Crippen LogP contribution in [0.1, 0.15) is 27.2 Å². The Kier molecular flexibility index (Phi) is 6.87. The van der Waals surface area contributed by atoms with Crippen LogP contribution in [-0.4, -0.2) is 46.7 Å². The van der Waals surface area contributed by atoms with Crippen LogP contribution in [-0.2, 0) is 16.1 Å². The van der Waals surface area contributed by atoms with Gasteiger partial charge in [0.1, 0.15) is 0 Å². The molecule has 1 aromatic heterocycles. The monoisotopic (exact) mass is 297 g/mol. The maximum atomic E-state index is 12.0. The third-order valence-electron chi connectivity index (χ3n) is 3.08. The van der Waals surface area contributed by atoms with Gasteiger partial charge in [-0.1, -0.05) is 0 Å². The summed E-state index contributed by atoms with van der Waals surface area (Å²) in [4.78, 5) is 25.2. The lowest BCUT2D eigenvalue weighted by molar-refractivity contribution is -0.145. The second kappa shape index (κ2) is 8.41. The van der Waals surface area contributed by atoms with Gasteiger partial charge in [0.25, 0.3) is 5.56 Å². The Bertz CT molecular complexity index is 511. The van der Waals surface area contributed by atoms with E-state index in [0.29, 0.717) is 0 Å². The van der Waals surface area contributed by atoms with Gasteiger partial charge in [0.15, 0.2) is 0 Å². The summed E-state index contributed by atoms with van der Waals surface area (Å²) in [6.45, 7) is 7.50. The van der Waals surface area contributed by atoms with Gasteiger partial charge in [0, 0.05) is 19.2 Å². The summed E-state index contributed by atoms with van der Waals surface area (Å²) in [5, 5.41) is 13.8. The quantitative estimate of drug-likeness (QED) is 0.699. The number of esters is 1. The summed E-state index contributed by atoms with van der Waals surface area (Å²) >= 11 is 0. The highest BCUT2D eigenvalue weighted by molar-refractivity contribution is 5.69. The number of hydrogen-bond acceptors (Lipinski definition) is 6. The van der Waals surface area contributed by atoms with E-state index in [1.807, 2.05) is 18.7 Å². The van der Waals surface area contributed by atoms with E-state index in [0.717, 1.165) is 23.5 Å². The summed E-state index contributed by atoms with van der Waals surface area (Å²) in [6, 6.07) is 1.48. The molecule has 1 N–H and O–H groups in total. The smallest absolute Gasteiger partial charge is 0.308 e. The molecule has 0 bridgehead atoms. The van der Waals surface area contributed by atoms with E-state index < -0.39 is 12.1 Å². The number of aromatic nitrogens is 2. The molecule has 0 amide bonds. The predicted molar refractivity (Wildman–Crippen MR) is 79.3 cm³/mol. The van der Waals surface area contributed by atoms with Crippen LogP contribution in [0.4, 0.5) is 5.69 Å². The minimum absolute atomic E-state index is 0.0316. The topological polar surface area (TPSA) is 84.7 Å². The highest BCUT2D eigenvalue weighted by atomic mass is 16.5. The molecule has 0 saturated heterocycles. The lowest BCUT2D eigenvalue weighted by Crippen LogP contribution is -2.31. The van der Waals surface area contributed by atoms with E-state index in [2.05, 4.69) is 5.10 Å². The molecular weight excluding hydrogens is 274 g/mol. The number of aliphatic hydroxyl groups excluding tert-OH is 1. The highest BCUT2D eigenvalue weighted by Gasteiger charge is 2.14. The van der Waals surface area contributed by atoms with E-state index >= 15 is 0 Å². The van der Waals surface area contributed by atoms with E-state index in [9.17, 15) is 14.7 Å². The Labute approximate surface area is 124 Å². The number of anilines is 1. The van der Waals surface area contributed by atoms with Crippen LogP contribution in [0.15, 0.2) is 17.1 Å². The Morgan fingerprint density at radius 2 is 2.10 bits per heavy atom. The number of carbonyl (C=O) groups excluding carboxylic acids is 1. The molecule has 0 aliphatic carbocycles. The molecule has 7 heteroatoms. The molecule has 0 fully saturated rings. The summed E-state index contributed by atoms with van der Waals surface area (Å²) in [5.74, 6) is -0.488. The maximum absolute atomic E-state index is 12.0. The zero-order chi connectivity index (χ0) is 15.8. The molecule has 0 aromatic carbocycles. The molecular formula is C14H23N3O4. The average molecular weight is 297 g/mol. The summed E-state index contributed by atoms with van der Waals surface area (Å²) in [5.41, 5.74) is 0.448. The number of rotatable bonds is 8. The van der Waals surface area contributed by atoms with Crippen molar-refractivity contribution >= 4 is 11.7 Å². The Morgan fingerprint density at radius 3 is 2.62 bits per heavy atom. The van der Waals surface area contributed by atoms with Crippen LogP contribution in [0.5, 0.6) is 0 Å². The zero-order valence-electron chi connectivity index (χ0n) is 12.8. The first-order chi connectivity index (χ1) is 10.0. The van der Waals surface area contributed by atoms with Crippen molar-refractivity contribution in [3.8, 4) is 0 Å². The first-order valence-electron chi connectivity index (χ1n) is 7.17. The zero-order valence-corrected chi connectivity index (χ0v) is 12.8. The van der Waals surface area contributed by atoms with Crippen LogP contribution in [0.2, 0.25) is 0 Å². The van der Waals surface area contributed by atoms with Crippen molar-refractivity contribution in [2.75, 3.05) is 24.6 Å². The fourth-order valence-corrected chi connectivity index (χ4v) is 2.00. The van der Waals surface area contributed by atoms with Gasteiger partial charge in [-0.3, -0.25) is 9.59 Å². The number of aliphatic hydroxyl groups is 1. The van der Waals surface area contributed by atoms with Crippen molar-refractivity contribution < 1.29 is 14.6 Å². The standard InChI is InChI=1S/C14H23N3O4/c1-4-16(5-2)11-7-13(19)17(15-9-11)10-12(18)8-14(20)21-6-3/h7,9,12,18H,4-6,8,10H2,1-3H3. The minimum Gasteiger partial charge on any atom is -0.466 e. The van der Waals surface area contributed by atoms with Crippen LogP contribution in [0.3, 0.4) is 0 Å². The SMILES string of the molecule is CCOC(=O)CC(O)Cn1ncc(N(CC)CC)cc1=O. The number of nitrogens with zero attached hydrogens (tertiary/aromatic N) is 3. The van der Waals surface area contributed by atoms with Crippen molar-refractivity contribution in [3.63, 3.8) is 0 Å². The fourth-order valence-electron chi connectivity index (χ4n) is 2.00. The molecule has 0 aliphatic heterocycles. The molecule has 7 nitrogen and oxygen atoms in total. The Morgan fingerprint density at radius 1 is 1.43 bits per heavy atom. The van der Waals surface area contributed by atoms with Gasteiger partial charge in [-0.15, -0.1) is 0 Å². The molecule has 1 heterocycles. The van der Waals surface area contributed by atoms with Crippen molar-refractivity contribution in [2.45, 2.75) is 39.8 Å². The van der Waals surface area contributed by atoms with Gasteiger partial charge in [0.05, 0.1) is 37.6 Å². The number of carbonyl (C=O) groups is 1. The lowest BCUT2D eigenvalue weighted by atomic mass is 10.2. The average Bonchev–Trinajstić information content (AvgIpc) is 2.43. The van der Waals surface area contributed by atoms with Gasteiger partial charge in [0.2, 0.25) is 0 Å². The van der Waals surface area contributed by atoms with Gasteiger partial charge < -0.3 is 14.7 Å². The number of ether oxygens (including phenoxy) is 1. The summed E-state index contributed by atoms with van der Waals surface area (Å²) < 4.78 is 5.90. The molecule has 0 aliphatic rings. The second-order valence-electron chi connectivity index (χ2n) is 4.57. The van der Waals surface area contributed by atoms with Crippen molar-refractivity contribution in [1.29, 1.82) is 0 Å². The molecule has 21 heavy (non-hydrogen) atoms. The van der Waals surface area contributed by atoms with Gasteiger partial charge in [-0.2, -0.15) is 5.10 Å². The van der Waals surface area contributed by atoms with Gasteiger partial charge in [-0.25, -0.2) is 4.68 Å². The molecule has 1 unspecified atom stereocenters. The Hall–Kier alpha value is -1.89. The van der Waals surface area contributed by atoms with Crippen LogP contribution in [0, 0.1) is 0 Å². The van der Waals surface area contributed by atoms with Crippen LogP contribution < -0.4 is 10.5 Å². The summed E-state index contributed by atoms with van der Waals surface area (Å²) in [6.07, 6.45) is 0.444.